The second-order valence-electron chi connectivity index (χ2n) is 7.49. The molecule has 4 nitrogen and oxygen atoms in total. The minimum atomic E-state index is -0.364. The summed E-state index contributed by atoms with van der Waals surface area (Å²) in [5, 5.41) is 0.599. The highest BCUT2D eigenvalue weighted by molar-refractivity contribution is 5.83. The molecule has 2 bridgehead atoms. The summed E-state index contributed by atoms with van der Waals surface area (Å²) in [5.74, 6) is 0.121. The topological polar surface area (TPSA) is 53.2 Å². The van der Waals surface area contributed by atoms with Crippen LogP contribution in [-0.4, -0.2) is 22.3 Å². The number of aromatic amines is 1. The summed E-state index contributed by atoms with van der Waals surface area (Å²) in [4.78, 5) is 30.1. The molecule has 2 aromatic carbocycles. The highest BCUT2D eigenvalue weighted by Crippen LogP contribution is 2.48. The fourth-order valence-corrected chi connectivity index (χ4v) is 4.65. The number of amides is 1. The lowest BCUT2D eigenvalue weighted by Gasteiger charge is -2.34. The van der Waals surface area contributed by atoms with E-state index in [-0.39, 0.29) is 29.7 Å². The van der Waals surface area contributed by atoms with E-state index in [0.717, 1.165) is 12.8 Å². The molecule has 1 saturated heterocycles. The van der Waals surface area contributed by atoms with E-state index in [2.05, 4.69) is 23.2 Å². The molecule has 1 fully saturated rings. The molecule has 27 heavy (non-hydrogen) atoms. The number of pyridine rings is 1. The van der Waals surface area contributed by atoms with Crippen molar-refractivity contribution in [2.24, 2.45) is 0 Å². The van der Waals surface area contributed by atoms with Crippen molar-refractivity contribution in [3.8, 4) is 0 Å². The van der Waals surface area contributed by atoms with Crippen LogP contribution in [-0.2, 0) is 11.2 Å². The highest BCUT2D eigenvalue weighted by Gasteiger charge is 2.40. The molecule has 3 aromatic rings. The van der Waals surface area contributed by atoms with Crippen LogP contribution in [0, 0.1) is 5.82 Å². The monoisotopic (exact) mass is 362 g/mol. The lowest BCUT2D eigenvalue weighted by molar-refractivity contribution is -0.134. The van der Waals surface area contributed by atoms with E-state index in [1.807, 2.05) is 11.0 Å². The van der Waals surface area contributed by atoms with E-state index in [4.69, 9.17) is 0 Å². The van der Waals surface area contributed by atoms with Crippen molar-refractivity contribution in [3.05, 3.63) is 81.4 Å². The maximum atomic E-state index is 13.5. The van der Waals surface area contributed by atoms with Gasteiger partial charge in [-0.2, -0.15) is 0 Å². The molecule has 0 radical (unpaired) electrons. The summed E-state index contributed by atoms with van der Waals surface area (Å²) < 4.78 is 13.5. The van der Waals surface area contributed by atoms with Gasteiger partial charge in [0, 0.05) is 23.0 Å². The number of aromatic nitrogens is 1. The molecule has 1 N–H and O–H groups in total. The molecule has 0 saturated carbocycles. The van der Waals surface area contributed by atoms with E-state index in [9.17, 15) is 14.0 Å². The van der Waals surface area contributed by atoms with Gasteiger partial charge in [0.15, 0.2) is 0 Å². The van der Waals surface area contributed by atoms with Gasteiger partial charge in [-0.25, -0.2) is 4.39 Å². The molecule has 1 aliphatic heterocycles. The van der Waals surface area contributed by atoms with Crippen LogP contribution in [0.4, 0.5) is 4.39 Å². The van der Waals surface area contributed by atoms with Crippen LogP contribution in [0.3, 0.4) is 0 Å². The SMILES string of the molecule is O=C(Cc1cc2cc(F)ccc2[nH]c1=O)N1CC[C@H]2C[C@@H]1c1ccccc12. The minimum Gasteiger partial charge on any atom is -0.335 e. The normalized spacial score (nSPS) is 20.7. The predicted octanol–water partition coefficient (Wildman–Crippen LogP) is 3.67. The lowest BCUT2D eigenvalue weighted by atomic mass is 9.95. The minimum absolute atomic E-state index is 0.0329. The van der Waals surface area contributed by atoms with Crippen molar-refractivity contribution in [1.29, 1.82) is 0 Å². The first-order chi connectivity index (χ1) is 13.1. The Morgan fingerprint density at radius 2 is 1.96 bits per heavy atom. The third-order valence-corrected chi connectivity index (χ3v) is 5.94. The summed E-state index contributed by atoms with van der Waals surface area (Å²) in [5.41, 5.74) is 3.26. The fraction of sp³-hybridized carbons (Fsp3) is 0.273. The van der Waals surface area contributed by atoms with Gasteiger partial charge < -0.3 is 9.88 Å². The summed E-state index contributed by atoms with van der Waals surface area (Å²) >= 11 is 0. The summed E-state index contributed by atoms with van der Waals surface area (Å²) in [7, 11) is 0. The smallest absolute Gasteiger partial charge is 0.252 e. The van der Waals surface area contributed by atoms with Gasteiger partial charge in [0.2, 0.25) is 5.91 Å². The number of benzene rings is 2. The number of nitrogens with one attached hydrogen (secondary N) is 1. The molecule has 1 aromatic heterocycles. The molecule has 2 aliphatic rings. The summed E-state index contributed by atoms with van der Waals surface area (Å²) in [6, 6.07) is 14.3. The molecule has 2 heterocycles. The van der Waals surface area contributed by atoms with Gasteiger partial charge in [-0.05, 0) is 54.2 Å². The van der Waals surface area contributed by atoms with Gasteiger partial charge in [0.1, 0.15) is 5.82 Å². The molecule has 1 amide bonds. The zero-order valence-electron chi connectivity index (χ0n) is 14.7. The van der Waals surface area contributed by atoms with Crippen molar-refractivity contribution in [3.63, 3.8) is 0 Å². The van der Waals surface area contributed by atoms with Crippen LogP contribution in [0.5, 0.6) is 0 Å². The Bertz CT molecular complexity index is 1120. The van der Waals surface area contributed by atoms with Crippen molar-refractivity contribution < 1.29 is 9.18 Å². The van der Waals surface area contributed by atoms with E-state index in [1.165, 1.54) is 29.3 Å². The molecular formula is C22H19FN2O2. The average molecular weight is 362 g/mol. The van der Waals surface area contributed by atoms with Crippen molar-refractivity contribution >= 4 is 16.8 Å². The quantitative estimate of drug-likeness (QED) is 0.756. The first kappa shape index (κ1) is 16.2. The Kier molecular flexibility index (Phi) is 3.64. The Balaban J connectivity index is 1.45. The van der Waals surface area contributed by atoms with Crippen LogP contribution < -0.4 is 5.56 Å². The van der Waals surface area contributed by atoms with Crippen molar-refractivity contribution in [2.45, 2.75) is 31.2 Å². The number of piperidine rings is 1. The Morgan fingerprint density at radius 1 is 1.15 bits per heavy atom. The Hall–Kier alpha value is -2.95. The van der Waals surface area contributed by atoms with Crippen LogP contribution in [0.15, 0.2) is 53.3 Å². The number of halogens is 1. The fourth-order valence-electron chi connectivity index (χ4n) is 4.65. The number of hydrogen-bond acceptors (Lipinski definition) is 2. The summed E-state index contributed by atoms with van der Waals surface area (Å²) in [6.07, 6.45) is 1.95. The molecule has 5 heteroatoms. The molecular weight excluding hydrogens is 343 g/mol. The largest absolute Gasteiger partial charge is 0.335 e. The number of carbonyl (C=O) groups excluding carboxylic acids is 1. The van der Waals surface area contributed by atoms with Gasteiger partial charge in [-0.3, -0.25) is 9.59 Å². The highest BCUT2D eigenvalue weighted by atomic mass is 19.1. The second kappa shape index (κ2) is 6.05. The van der Waals surface area contributed by atoms with Crippen molar-refractivity contribution in [1.82, 2.24) is 9.88 Å². The van der Waals surface area contributed by atoms with Crippen molar-refractivity contribution in [2.75, 3.05) is 6.54 Å². The second-order valence-corrected chi connectivity index (χ2v) is 7.49. The lowest BCUT2D eigenvalue weighted by Crippen LogP contribution is -2.39. The zero-order chi connectivity index (χ0) is 18.5. The van der Waals surface area contributed by atoms with Gasteiger partial charge >= 0.3 is 0 Å². The number of rotatable bonds is 2. The van der Waals surface area contributed by atoms with E-state index < -0.39 is 0 Å². The Morgan fingerprint density at radius 3 is 2.81 bits per heavy atom. The van der Waals surface area contributed by atoms with Crippen LogP contribution in [0.1, 0.15) is 41.5 Å². The molecule has 136 valence electrons. The third-order valence-electron chi connectivity index (χ3n) is 5.94. The van der Waals surface area contributed by atoms with E-state index in [0.29, 0.717) is 28.9 Å². The summed E-state index contributed by atoms with van der Waals surface area (Å²) in [6.45, 7) is 0.711. The number of fused-ring (bicyclic) bond motifs is 6. The zero-order valence-corrected chi connectivity index (χ0v) is 14.7. The maximum Gasteiger partial charge on any atom is 0.252 e. The van der Waals surface area contributed by atoms with Crippen LogP contribution in [0.25, 0.3) is 10.9 Å². The number of carbonyl (C=O) groups is 1. The van der Waals surface area contributed by atoms with Crippen LogP contribution >= 0.6 is 0 Å². The van der Waals surface area contributed by atoms with Gasteiger partial charge in [-0.1, -0.05) is 24.3 Å². The van der Waals surface area contributed by atoms with E-state index >= 15 is 0 Å². The van der Waals surface area contributed by atoms with Gasteiger partial charge in [0.05, 0.1) is 12.5 Å². The first-order valence-electron chi connectivity index (χ1n) is 9.30. The van der Waals surface area contributed by atoms with Gasteiger partial charge in [0.25, 0.3) is 5.56 Å². The third kappa shape index (κ3) is 2.65. The average Bonchev–Trinajstić information content (AvgIpc) is 2.95. The maximum absolute atomic E-state index is 13.5. The number of hydrogen-bond donors (Lipinski definition) is 1. The number of nitrogens with zero attached hydrogens (tertiary/aromatic N) is 1. The molecule has 0 unspecified atom stereocenters. The van der Waals surface area contributed by atoms with E-state index in [1.54, 1.807) is 6.07 Å². The number of likely N-dealkylation sites (tertiary alicyclic amines) is 1. The molecule has 0 spiro atoms. The standard InChI is InChI=1S/C22H19FN2O2/c23-16-5-6-19-14(10-16)9-15(22(27)24-19)12-21(26)25-8-7-13-11-20(25)18-4-2-1-3-17(13)18/h1-6,9-10,13,20H,7-8,11-12H2,(H,24,27)/t13-,20+/m0/s1. The van der Waals surface area contributed by atoms with Gasteiger partial charge in [-0.15, -0.1) is 0 Å². The number of H-pyrrole nitrogens is 1. The predicted molar refractivity (Wildman–Crippen MR) is 101 cm³/mol. The first-order valence-corrected chi connectivity index (χ1v) is 9.30. The van der Waals surface area contributed by atoms with Crippen LogP contribution in [0.2, 0.25) is 0 Å². The molecule has 2 atom stereocenters. The Labute approximate surface area is 155 Å². The molecule has 1 aliphatic carbocycles. The molecule has 5 rings (SSSR count).